The SMILES string of the molecule is [B]C(=O)Oc1c[nH]c2ccccc12. The lowest BCUT2D eigenvalue weighted by molar-refractivity contribution is 0.226. The molecule has 2 rings (SSSR count). The van der Waals surface area contributed by atoms with Crippen LogP contribution in [0.4, 0.5) is 4.79 Å². The van der Waals surface area contributed by atoms with E-state index in [1.807, 2.05) is 24.3 Å². The minimum atomic E-state index is -0.801. The lowest BCUT2D eigenvalue weighted by Gasteiger charge is -1.97. The summed E-state index contributed by atoms with van der Waals surface area (Å²) in [6.45, 7) is 0. The Balaban J connectivity index is 2.51. The van der Waals surface area contributed by atoms with Crippen LogP contribution in [0.15, 0.2) is 30.5 Å². The van der Waals surface area contributed by atoms with Crippen LogP contribution in [-0.2, 0) is 0 Å². The number of rotatable bonds is 1. The van der Waals surface area contributed by atoms with Gasteiger partial charge in [-0.05, 0) is 12.1 Å². The molecule has 0 saturated heterocycles. The van der Waals surface area contributed by atoms with Crippen LogP contribution in [0.1, 0.15) is 0 Å². The number of aromatic amines is 1. The van der Waals surface area contributed by atoms with Crippen LogP contribution in [0.2, 0.25) is 0 Å². The predicted molar refractivity (Wildman–Crippen MR) is 50.1 cm³/mol. The second kappa shape index (κ2) is 2.97. The molecule has 0 saturated carbocycles. The lowest BCUT2D eigenvalue weighted by Crippen LogP contribution is -2.03. The third-order valence-electron chi connectivity index (χ3n) is 1.76. The van der Waals surface area contributed by atoms with Crippen LogP contribution in [-0.4, -0.2) is 18.7 Å². The molecule has 0 bridgehead atoms. The van der Waals surface area contributed by atoms with Crippen LogP contribution in [0.3, 0.4) is 0 Å². The zero-order valence-electron chi connectivity index (χ0n) is 6.78. The summed E-state index contributed by atoms with van der Waals surface area (Å²) in [6.07, 6.45) is 1.61. The summed E-state index contributed by atoms with van der Waals surface area (Å²) in [7, 11) is 4.90. The van der Waals surface area contributed by atoms with Gasteiger partial charge in [-0.25, -0.2) is 0 Å². The third kappa shape index (κ3) is 1.43. The van der Waals surface area contributed by atoms with E-state index >= 15 is 0 Å². The molecule has 1 aromatic heterocycles. The molecule has 0 spiro atoms. The number of ether oxygens (including phenoxy) is 1. The standard InChI is InChI=1S/C9H6BNO2/c10-9(12)13-8-5-11-7-4-2-1-3-6(7)8/h1-5,11H. The van der Waals surface area contributed by atoms with Crippen molar-refractivity contribution in [1.82, 2.24) is 4.98 Å². The highest BCUT2D eigenvalue weighted by molar-refractivity contribution is 6.55. The van der Waals surface area contributed by atoms with Crippen molar-refractivity contribution in [3.63, 3.8) is 0 Å². The molecule has 0 amide bonds. The fraction of sp³-hybridized carbons (Fsp3) is 0. The molecule has 0 aliphatic heterocycles. The highest BCUT2D eigenvalue weighted by Gasteiger charge is 2.04. The second-order valence-corrected chi connectivity index (χ2v) is 2.62. The van der Waals surface area contributed by atoms with Crippen molar-refractivity contribution in [3.05, 3.63) is 30.5 Å². The van der Waals surface area contributed by atoms with Crippen molar-refractivity contribution in [2.75, 3.05) is 0 Å². The van der Waals surface area contributed by atoms with E-state index in [2.05, 4.69) is 4.98 Å². The summed E-state index contributed by atoms with van der Waals surface area (Å²) in [4.78, 5) is 13.5. The number of hydrogen-bond donors (Lipinski definition) is 1. The maximum atomic E-state index is 10.5. The Kier molecular flexibility index (Phi) is 1.81. The molecule has 1 N–H and O–H groups in total. The average molecular weight is 171 g/mol. The molecule has 0 aliphatic carbocycles. The van der Waals surface area contributed by atoms with Gasteiger partial charge in [-0.15, -0.1) is 0 Å². The van der Waals surface area contributed by atoms with E-state index in [4.69, 9.17) is 12.6 Å². The first-order valence-electron chi connectivity index (χ1n) is 3.81. The minimum Gasteiger partial charge on any atom is -0.433 e. The number of hydrogen-bond acceptors (Lipinski definition) is 2. The molecule has 4 heteroatoms. The third-order valence-corrected chi connectivity index (χ3v) is 1.76. The van der Waals surface area contributed by atoms with E-state index in [0.717, 1.165) is 10.9 Å². The Hall–Kier alpha value is -1.71. The van der Waals surface area contributed by atoms with Gasteiger partial charge in [0.2, 0.25) is 13.7 Å². The maximum Gasteiger partial charge on any atom is 0.241 e. The molecule has 1 aromatic carbocycles. The van der Waals surface area contributed by atoms with E-state index in [1.54, 1.807) is 6.20 Å². The van der Waals surface area contributed by atoms with Gasteiger partial charge in [-0.2, -0.15) is 0 Å². The van der Waals surface area contributed by atoms with Gasteiger partial charge in [0.1, 0.15) is 0 Å². The molecule has 2 radical (unpaired) electrons. The second-order valence-electron chi connectivity index (χ2n) is 2.62. The summed E-state index contributed by atoms with van der Waals surface area (Å²) < 4.78 is 4.78. The predicted octanol–water partition coefficient (Wildman–Crippen LogP) is 1.84. The molecule has 3 nitrogen and oxygen atoms in total. The average Bonchev–Trinajstić information content (AvgIpc) is 2.48. The molecule has 0 atom stereocenters. The Morgan fingerprint density at radius 2 is 2.15 bits per heavy atom. The largest absolute Gasteiger partial charge is 0.433 e. The zero-order chi connectivity index (χ0) is 9.26. The van der Waals surface area contributed by atoms with Crippen LogP contribution >= 0.6 is 0 Å². The van der Waals surface area contributed by atoms with Crippen molar-refractivity contribution in [2.24, 2.45) is 0 Å². The molecular weight excluding hydrogens is 165 g/mol. The van der Waals surface area contributed by atoms with Crippen molar-refractivity contribution in [1.29, 1.82) is 0 Å². The van der Waals surface area contributed by atoms with E-state index in [9.17, 15) is 4.79 Å². The minimum absolute atomic E-state index is 0.461. The number of nitrogens with one attached hydrogen (secondary N) is 1. The first kappa shape index (κ1) is 7.92. The molecule has 0 unspecified atom stereocenters. The normalized spacial score (nSPS) is 10.2. The Labute approximate surface area is 76.1 Å². The van der Waals surface area contributed by atoms with Crippen LogP contribution in [0, 0.1) is 0 Å². The molecule has 0 fully saturated rings. The maximum absolute atomic E-state index is 10.5. The quantitative estimate of drug-likeness (QED) is 0.665. The van der Waals surface area contributed by atoms with Gasteiger partial charge in [0, 0.05) is 17.1 Å². The Morgan fingerprint density at radius 1 is 1.38 bits per heavy atom. The van der Waals surface area contributed by atoms with Gasteiger partial charge in [-0.1, -0.05) is 12.1 Å². The van der Waals surface area contributed by atoms with Crippen LogP contribution in [0.5, 0.6) is 5.75 Å². The highest BCUT2D eigenvalue weighted by Crippen LogP contribution is 2.24. The molecule has 0 aliphatic rings. The van der Waals surface area contributed by atoms with E-state index in [0.29, 0.717) is 5.75 Å². The lowest BCUT2D eigenvalue weighted by atomic mass is 10.2. The number of benzene rings is 1. The zero-order valence-corrected chi connectivity index (χ0v) is 6.78. The van der Waals surface area contributed by atoms with Gasteiger partial charge in [0.05, 0.1) is 0 Å². The number of aromatic nitrogens is 1. The highest BCUT2D eigenvalue weighted by atomic mass is 16.5. The van der Waals surface area contributed by atoms with Gasteiger partial charge in [0.25, 0.3) is 0 Å². The molecule has 2 aromatic rings. The van der Waals surface area contributed by atoms with Crippen LogP contribution in [0.25, 0.3) is 10.9 Å². The molecular formula is C9H6BNO2. The number of H-pyrrole nitrogens is 1. The van der Waals surface area contributed by atoms with Crippen molar-refractivity contribution < 1.29 is 9.53 Å². The van der Waals surface area contributed by atoms with E-state index < -0.39 is 5.87 Å². The topological polar surface area (TPSA) is 42.1 Å². The Morgan fingerprint density at radius 3 is 2.92 bits per heavy atom. The smallest absolute Gasteiger partial charge is 0.241 e. The number of para-hydroxylation sites is 1. The van der Waals surface area contributed by atoms with Crippen molar-refractivity contribution in [2.45, 2.75) is 0 Å². The summed E-state index contributed by atoms with van der Waals surface area (Å²) in [6, 6.07) is 7.50. The van der Waals surface area contributed by atoms with Crippen LogP contribution < -0.4 is 4.74 Å². The fourth-order valence-electron chi connectivity index (χ4n) is 1.24. The van der Waals surface area contributed by atoms with Gasteiger partial charge >= 0.3 is 0 Å². The molecule has 62 valence electrons. The number of fused-ring (bicyclic) bond motifs is 1. The summed E-state index contributed by atoms with van der Waals surface area (Å²) in [5.74, 6) is -0.340. The molecule has 1 heterocycles. The van der Waals surface area contributed by atoms with Gasteiger partial charge in [0.15, 0.2) is 5.75 Å². The first-order valence-corrected chi connectivity index (χ1v) is 3.81. The molecule has 13 heavy (non-hydrogen) atoms. The summed E-state index contributed by atoms with van der Waals surface area (Å²) in [5.41, 5.74) is 0.916. The Bertz CT molecular complexity index is 450. The fourth-order valence-corrected chi connectivity index (χ4v) is 1.24. The monoisotopic (exact) mass is 171 g/mol. The summed E-state index contributed by atoms with van der Waals surface area (Å²) in [5, 5.41) is 0.848. The van der Waals surface area contributed by atoms with Gasteiger partial charge < -0.3 is 9.72 Å². The van der Waals surface area contributed by atoms with Crippen molar-refractivity contribution in [3.8, 4) is 5.75 Å². The first-order chi connectivity index (χ1) is 6.27. The van der Waals surface area contributed by atoms with E-state index in [1.165, 1.54) is 0 Å². The van der Waals surface area contributed by atoms with Crippen molar-refractivity contribution >= 4 is 24.6 Å². The summed E-state index contributed by atoms with van der Waals surface area (Å²) >= 11 is 0. The number of carbonyl (C=O) groups excluding carboxylic acids is 1. The van der Waals surface area contributed by atoms with Gasteiger partial charge in [-0.3, -0.25) is 4.79 Å². The number of carbonyl (C=O) groups is 1. The van der Waals surface area contributed by atoms with E-state index in [-0.39, 0.29) is 0 Å².